The van der Waals surface area contributed by atoms with Gasteiger partial charge in [-0.25, -0.2) is 0 Å². The Morgan fingerprint density at radius 1 is 1.05 bits per heavy atom. The first-order chi connectivity index (χ1) is 10.6. The zero-order chi connectivity index (χ0) is 16.2. The molecule has 0 fully saturated rings. The molecule has 0 spiro atoms. The van der Waals surface area contributed by atoms with Gasteiger partial charge < -0.3 is 21.5 Å². The lowest BCUT2D eigenvalue weighted by Gasteiger charge is -2.06. The van der Waals surface area contributed by atoms with Crippen LogP contribution in [0.25, 0.3) is 0 Å². The third-order valence-electron chi connectivity index (χ3n) is 3.14. The van der Waals surface area contributed by atoms with Crippen LogP contribution in [0.5, 0.6) is 5.75 Å². The van der Waals surface area contributed by atoms with Crippen LogP contribution in [0.2, 0.25) is 0 Å². The van der Waals surface area contributed by atoms with Gasteiger partial charge in [0.2, 0.25) is 11.8 Å². The first-order valence-corrected chi connectivity index (χ1v) is 7.63. The number of benzene rings is 1. The number of hydrogen-bond donors (Lipinski definition) is 4. The van der Waals surface area contributed by atoms with E-state index in [0.717, 1.165) is 24.8 Å². The van der Waals surface area contributed by atoms with Crippen molar-refractivity contribution in [1.29, 1.82) is 0 Å². The predicted octanol–water partition coefficient (Wildman–Crippen LogP) is 0.686. The molecule has 1 aromatic carbocycles. The van der Waals surface area contributed by atoms with Gasteiger partial charge in [-0.05, 0) is 37.0 Å². The van der Waals surface area contributed by atoms with E-state index in [1.807, 2.05) is 6.07 Å². The topological polar surface area (TPSA) is 104 Å². The second-order valence-electron chi connectivity index (χ2n) is 5.15. The maximum absolute atomic E-state index is 11.7. The Kier molecular flexibility index (Phi) is 8.67. The van der Waals surface area contributed by atoms with Crippen LogP contribution in [-0.2, 0) is 16.0 Å². The van der Waals surface area contributed by atoms with Crippen molar-refractivity contribution in [2.24, 2.45) is 5.73 Å². The standard InChI is InChI=1S/C16H25N3O3/c17-8-7-15(21)18-9-2-1-3-10-19-16(22)12-13-5-4-6-14(20)11-13/h4-6,11,20H,1-3,7-10,12,17H2,(H,18,21)(H,19,22). The highest BCUT2D eigenvalue weighted by atomic mass is 16.3. The van der Waals surface area contributed by atoms with Crippen molar-refractivity contribution in [1.82, 2.24) is 10.6 Å². The van der Waals surface area contributed by atoms with E-state index < -0.39 is 0 Å². The van der Waals surface area contributed by atoms with E-state index in [4.69, 9.17) is 5.73 Å². The summed E-state index contributed by atoms with van der Waals surface area (Å²) in [6.07, 6.45) is 3.33. The number of carbonyl (C=O) groups excluding carboxylic acids is 2. The molecule has 5 N–H and O–H groups in total. The first-order valence-electron chi connectivity index (χ1n) is 7.63. The molecule has 6 heteroatoms. The van der Waals surface area contributed by atoms with Gasteiger partial charge in [0, 0.05) is 26.1 Å². The lowest BCUT2D eigenvalue weighted by Crippen LogP contribution is -2.27. The Morgan fingerprint density at radius 3 is 2.36 bits per heavy atom. The van der Waals surface area contributed by atoms with Gasteiger partial charge >= 0.3 is 0 Å². The predicted molar refractivity (Wildman–Crippen MR) is 85.4 cm³/mol. The molecule has 0 aliphatic heterocycles. The number of rotatable bonds is 10. The Bertz CT molecular complexity index is 477. The summed E-state index contributed by atoms with van der Waals surface area (Å²) in [5.41, 5.74) is 6.07. The lowest BCUT2D eigenvalue weighted by molar-refractivity contribution is -0.121. The molecule has 22 heavy (non-hydrogen) atoms. The van der Waals surface area contributed by atoms with Gasteiger partial charge in [0.1, 0.15) is 5.75 Å². The fraction of sp³-hybridized carbons (Fsp3) is 0.500. The molecule has 0 atom stereocenters. The van der Waals surface area contributed by atoms with Crippen LogP contribution < -0.4 is 16.4 Å². The smallest absolute Gasteiger partial charge is 0.224 e. The van der Waals surface area contributed by atoms with Gasteiger partial charge in [-0.3, -0.25) is 9.59 Å². The SMILES string of the molecule is NCCC(=O)NCCCCCNC(=O)Cc1cccc(O)c1. The van der Waals surface area contributed by atoms with Gasteiger partial charge in [-0.1, -0.05) is 12.1 Å². The summed E-state index contributed by atoms with van der Waals surface area (Å²) in [4.78, 5) is 22.9. The Hall–Kier alpha value is -2.08. The lowest BCUT2D eigenvalue weighted by atomic mass is 10.1. The first kappa shape index (κ1) is 18.0. The summed E-state index contributed by atoms with van der Waals surface area (Å²) < 4.78 is 0. The second-order valence-corrected chi connectivity index (χ2v) is 5.15. The molecule has 122 valence electrons. The summed E-state index contributed by atoms with van der Waals surface area (Å²) in [5.74, 6) is 0.103. The minimum atomic E-state index is -0.0538. The van der Waals surface area contributed by atoms with Crippen molar-refractivity contribution in [2.75, 3.05) is 19.6 Å². The minimum absolute atomic E-state index is 0.0121. The van der Waals surface area contributed by atoms with Crippen LogP contribution in [0.1, 0.15) is 31.2 Å². The molecule has 0 radical (unpaired) electrons. The highest BCUT2D eigenvalue weighted by Gasteiger charge is 2.03. The molecule has 1 aromatic rings. The zero-order valence-corrected chi connectivity index (χ0v) is 12.8. The van der Waals surface area contributed by atoms with Crippen LogP contribution in [0.15, 0.2) is 24.3 Å². The van der Waals surface area contributed by atoms with Crippen molar-refractivity contribution in [3.8, 4) is 5.75 Å². The van der Waals surface area contributed by atoms with Crippen LogP contribution in [-0.4, -0.2) is 36.6 Å². The summed E-state index contributed by atoms with van der Waals surface area (Å²) in [6.45, 7) is 1.64. The van der Waals surface area contributed by atoms with Gasteiger partial charge in [0.25, 0.3) is 0 Å². The van der Waals surface area contributed by atoms with Crippen LogP contribution in [0, 0.1) is 0 Å². The Morgan fingerprint density at radius 2 is 1.73 bits per heavy atom. The van der Waals surface area contributed by atoms with E-state index >= 15 is 0 Å². The highest BCUT2D eigenvalue weighted by Crippen LogP contribution is 2.11. The fourth-order valence-electron chi connectivity index (χ4n) is 2.02. The number of nitrogens with two attached hydrogens (primary N) is 1. The molecule has 1 rings (SSSR count). The summed E-state index contributed by atoms with van der Waals surface area (Å²) >= 11 is 0. The van der Waals surface area contributed by atoms with Crippen LogP contribution >= 0.6 is 0 Å². The molecular formula is C16H25N3O3. The molecule has 0 aromatic heterocycles. The number of hydrogen-bond acceptors (Lipinski definition) is 4. The number of aromatic hydroxyl groups is 1. The highest BCUT2D eigenvalue weighted by molar-refractivity contribution is 5.78. The monoisotopic (exact) mass is 307 g/mol. The van der Waals surface area contributed by atoms with Crippen molar-refractivity contribution in [2.45, 2.75) is 32.1 Å². The summed E-state index contributed by atoms with van der Waals surface area (Å²) in [6, 6.07) is 6.69. The number of phenols is 1. The van der Waals surface area contributed by atoms with Gasteiger partial charge in [0.05, 0.1) is 6.42 Å². The number of phenolic OH excluding ortho intramolecular Hbond substituents is 1. The average Bonchev–Trinajstić information content (AvgIpc) is 2.46. The van der Waals surface area contributed by atoms with E-state index in [0.29, 0.717) is 26.1 Å². The Labute approximate surface area is 131 Å². The molecule has 0 saturated carbocycles. The fourth-order valence-corrected chi connectivity index (χ4v) is 2.02. The van der Waals surface area contributed by atoms with Crippen molar-refractivity contribution in [3.63, 3.8) is 0 Å². The largest absolute Gasteiger partial charge is 0.508 e. The van der Waals surface area contributed by atoms with E-state index in [9.17, 15) is 14.7 Å². The average molecular weight is 307 g/mol. The zero-order valence-electron chi connectivity index (χ0n) is 12.8. The quantitative estimate of drug-likeness (QED) is 0.477. The van der Waals surface area contributed by atoms with Gasteiger partial charge in [0.15, 0.2) is 0 Å². The van der Waals surface area contributed by atoms with E-state index in [-0.39, 0.29) is 24.0 Å². The van der Waals surface area contributed by atoms with E-state index in [2.05, 4.69) is 10.6 Å². The van der Waals surface area contributed by atoms with Gasteiger partial charge in [-0.15, -0.1) is 0 Å². The second kappa shape index (κ2) is 10.6. The third-order valence-corrected chi connectivity index (χ3v) is 3.14. The number of amides is 2. The third kappa shape index (κ3) is 8.26. The number of unbranched alkanes of at least 4 members (excludes halogenated alkanes) is 2. The summed E-state index contributed by atoms with van der Waals surface area (Å²) in [7, 11) is 0. The molecule has 0 heterocycles. The molecule has 6 nitrogen and oxygen atoms in total. The Balaban J connectivity index is 2.02. The van der Waals surface area contributed by atoms with Crippen molar-refractivity contribution < 1.29 is 14.7 Å². The summed E-state index contributed by atoms with van der Waals surface area (Å²) in [5, 5.41) is 15.0. The molecule has 0 saturated heterocycles. The number of carbonyl (C=O) groups is 2. The van der Waals surface area contributed by atoms with E-state index in [1.165, 1.54) is 0 Å². The molecule has 2 amide bonds. The molecule has 0 aliphatic rings. The van der Waals surface area contributed by atoms with Crippen LogP contribution in [0.4, 0.5) is 0 Å². The van der Waals surface area contributed by atoms with Crippen molar-refractivity contribution in [3.05, 3.63) is 29.8 Å². The maximum Gasteiger partial charge on any atom is 0.224 e. The number of nitrogens with one attached hydrogen (secondary N) is 2. The van der Waals surface area contributed by atoms with Gasteiger partial charge in [-0.2, -0.15) is 0 Å². The molecule has 0 unspecified atom stereocenters. The molecular weight excluding hydrogens is 282 g/mol. The minimum Gasteiger partial charge on any atom is -0.508 e. The van der Waals surface area contributed by atoms with E-state index in [1.54, 1.807) is 18.2 Å². The van der Waals surface area contributed by atoms with Crippen molar-refractivity contribution >= 4 is 11.8 Å². The normalized spacial score (nSPS) is 10.2. The molecule has 0 aliphatic carbocycles. The van der Waals surface area contributed by atoms with Crippen LogP contribution in [0.3, 0.4) is 0 Å². The molecule has 0 bridgehead atoms. The maximum atomic E-state index is 11.7.